The summed E-state index contributed by atoms with van der Waals surface area (Å²) in [4.78, 5) is 10.3. The molecule has 0 spiro atoms. The van der Waals surface area contributed by atoms with Crippen LogP contribution in [-0.2, 0) is 9.53 Å². The Bertz CT molecular complexity index is 145. The van der Waals surface area contributed by atoms with Crippen LogP contribution in [0.25, 0.3) is 0 Å². The predicted octanol–water partition coefficient (Wildman–Crippen LogP) is 0.656. The molecular weight excluding hydrogens is 144 g/mol. The first-order valence-electron chi connectivity index (χ1n) is 3.56. The first kappa shape index (κ1) is 9.94. The zero-order valence-corrected chi connectivity index (χ0v) is 6.72. The second kappa shape index (κ2) is 5.70. The van der Waals surface area contributed by atoms with E-state index in [1.54, 1.807) is 0 Å². The maximum absolute atomic E-state index is 10.3. The van der Waals surface area contributed by atoms with Crippen LogP contribution in [0.5, 0.6) is 0 Å². The molecule has 64 valence electrons. The number of primary amides is 1. The zero-order valence-electron chi connectivity index (χ0n) is 6.72. The Labute approximate surface area is 66.2 Å². The van der Waals surface area contributed by atoms with Crippen LogP contribution in [0.2, 0.25) is 0 Å². The molecule has 0 aliphatic carbocycles. The van der Waals surface area contributed by atoms with Crippen molar-refractivity contribution in [1.82, 2.24) is 0 Å². The Morgan fingerprint density at radius 3 is 2.45 bits per heavy atom. The molecule has 0 heterocycles. The van der Waals surface area contributed by atoms with E-state index in [1.807, 2.05) is 0 Å². The Balaban J connectivity index is 3.14. The van der Waals surface area contributed by atoms with Crippen LogP contribution >= 0.6 is 0 Å². The molecule has 11 heavy (non-hydrogen) atoms. The molecule has 0 unspecified atom stereocenters. The van der Waals surface area contributed by atoms with Crippen molar-refractivity contribution in [3.63, 3.8) is 0 Å². The number of methoxy groups -OCH3 is 1. The molecule has 0 aliphatic rings. The van der Waals surface area contributed by atoms with Gasteiger partial charge in [0.1, 0.15) is 0 Å². The molecule has 0 rings (SSSR count). The molecule has 0 bridgehead atoms. The van der Waals surface area contributed by atoms with Gasteiger partial charge in [0.25, 0.3) is 0 Å². The molecular formula is C7H14N2O2. The third kappa shape index (κ3) is 6.83. The lowest BCUT2D eigenvalue weighted by atomic mass is 10.2. The first-order valence-corrected chi connectivity index (χ1v) is 3.56. The van der Waals surface area contributed by atoms with Crippen LogP contribution in [0.4, 0.5) is 0 Å². The van der Waals surface area contributed by atoms with Gasteiger partial charge >= 0.3 is 0 Å². The highest BCUT2D eigenvalue weighted by atomic mass is 16.5. The van der Waals surface area contributed by atoms with E-state index in [-0.39, 0.29) is 11.8 Å². The van der Waals surface area contributed by atoms with Crippen molar-refractivity contribution in [1.29, 1.82) is 5.41 Å². The van der Waals surface area contributed by atoms with Crippen molar-refractivity contribution in [2.75, 3.05) is 7.11 Å². The average molecular weight is 158 g/mol. The molecule has 0 saturated heterocycles. The fourth-order valence-corrected chi connectivity index (χ4v) is 0.687. The zero-order chi connectivity index (χ0) is 8.69. The number of hydrogen-bond donors (Lipinski definition) is 2. The van der Waals surface area contributed by atoms with Crippen molar-refractivity contribution in [2.24, 2.45) is 5.73 Å². The number of nitrogens with one attached hydrogen (secondary N) is 1. The monoisotopic (exact) mass is 158 g/mol. The van der Waals surface area contributed by atoms with Crippen molar-refractivity contribution >= 4 is 11.8 Å². The Morgan fingerprint density at radius 2 is 2.00 bits per heavy atom. The lowest BCUT2D eigenvalue weighted by molar-refractivity contribution is -0.118. The van der Waals surface area contributed by atoms with Gasteiger partial charge in [-0.05, 0) is 12.8 Å². The number of ether oxygens (including phenoxy) is 1. The topological polar surface area (TPSA) is 76.2 Å². The fraction of sp³-hybridized carbons (Fsp3) is 0.714. The molecule has 0 atom stereocenters. The van der Waals surface area contributed by atoms with Gasteiger partial charge in [-0.2, -0.15) is 0 Å². The van der Waals surface area contributed by atoms with Gasteiger partial charge in [0.15, 0.2) is 5.90 Å². The molecule has 0 aliphatic heterocycles. The van der Waals surface area contributed by atoms with Gasteiger partial charge in [-0.3, -0.25) is 10.2 Å². The van der Waals surface area contributed by atoms with E-state index in [0.29, 0.717) is 12.8 Å². The normalized spacial score (nSPS) is 9.18. The molecule has 3 N–H and O–H groups in total. The highest BCUT2D eigenvalue weighted by Crippen LogP contribution is 1.99. The van der Waals surface area contributed by atoms with E-state index in [2.05, 4.69) is 4.74 Å². The molecule has 0 aromatic carbocycles. The lowest BCUT2D eigenvalue weighted by Crippen LogP contribution is -2.10. The molecule has 0 aromatic heterocycles. The quantitative estimate of drug-likeness (QED) is 0.350. The van der Waals surface area contributed by atoms with Gasteiger partial charge < -0.3 is 10.5 Å². The Hall–Kier alpha value is -1.06. The molecule has 4 nitrogen and oxygen atoms in total. The highest BCUT2D eigenvalue weighted by Gasteiger charge is 1.97. The van der Waals surface area contributed by atoms with Crippen LogP contribution in [0.15, 0.2) is 0 Å². The van der Waals surface area contributed by atoms with E-state index in [1.165, 1.54) is 7.11 Å². The number of nitrogens with two attached hydrogens (primary N) is 1. The fourth-order valence-electron chi connectivity index (χ4n) is 0.687. The number of unbranched alkanes of at least 4 members (excludes halogenated alkanes) is 1. The summed E-state index contributed by atoms with van der Waals surface area (Å²) in [5, 5.41) is 7.08. The Kier molecular flexibility index (Phi) is 5.15. The minimum Gasteiger partial charge on any atom is -0.484 e. The van der Waals surface area contributed by atoms with Crippen LogP contribution in [-0.4, -0.2) is 18.9 Å². The summed E-state index contributed by atoms with van der Waals surface area (Å²) >= 11 is 0. The average Bonchev–Trinajstić information content (AvgIpc) is 1.97. The summed E-state index contributed by atoms with van der Waals surface area (Å²) in [7, 11) is 1.47. The van der Waals surface area contributed by atoms with Gasteiger partial charge in [0.05, 0.1) is 7.11 Å². The van der Waals surface area contributed by atoms with Crippen molar-refractivity contribution in [2.45, 2.75) is 25.7 Å². The minimum atomic E-state index is -0.283. The van der Waals surface area contributed by atoms with E-state index in [0.717, 1.165) is 12.8 Å². The number of hydrogen-bond acceptors (Lipinski definition) is 3. The van der Waals surface area contributed by atoms with Gasteiger partial charge in [-0.1, -0.05) is 0 Å². The minimum absolute atomic E-state index is 0.259. The number of carbonyl (C=O) groups is 1. The summed E-state index contributed by atoms with van der Waals surface area (Å²) in [6.07, 6.45) is 2.51. The third-order valence-electron chi connectivity index (χ3n) is 1.32. The molecule has 0 fully saturated rings. The molecule has 0 radical (unpaired) electrons. The smallest absolute Gasteiger partial charge is 0.217 e. The summed E-state index contributed by atoms with van der Waals surface area (Å²) < 4.78 is 4.62. The second-order valence-corrected chi connectivity index (χ2v) is 2.30. The van der Waals surface area contributed by atoms with Gasteiger partial charge in [-0.15, -0.1) is 0 Å². The SMILES string of the molecule is COC(=N)CCCCC(N)=O. The standard InChI is InChI=1S/C7H14N2O2/c1-11-7(9)5-3-2-4-6(8)10/h9H,2-5H2,1H3,(H2,8,10). The number of amides is 1. The lowest BCUT2D eigenvalue weighted by Gasteiger charge is -1.99. The third-order valence-corrected chi connectivity index (χ3v) is 1.32. The summed E-state index contributed by atoms with van der Waals surface area (Å²) in [5.41, 5.74) is 4.92. The maximum Gasteiger partial charge on any atom is 0.217 e. The predicted molar refractivity (Wildman–Crippen MR) is 42.4 cm³/mol. The van der Waals surface area contributed by atoms with Crippen molar-refractivity contribution in [3.05, 3.63) is 0 Å². The molecule has 0 saturated carbocycles. The Morgan fingerprint density at radius 1 is 1.45 bits per heavy atom. The summed E-state index contributed by atoms with van der Waals surface area (Å²) in [6, 6.07) is 0. The number of carbonyl (C=O) groups excluding carboxylic acids is 1. The van der Waals surface area contributed by atoms with E-state index in [4.69, 9.17) is 11.1 Å². The van der Waals surface area contributed by atoms with Crippen molar-refractivity contribution in [3.8, 4) is 0 Å². The summed E-state index contributed by atoms with van der Waals surface area (Å²) in [6.45, 7) is 0. The number of rotatable bonds is 5. The van der Waals surface area contributed by atoms with Gasteiger partial charge in [0.2, 0.25) is 5.91 Å². The summed E-state index contributed by atoms with van der Waals surface area (Å²) in [5.74, 6) is -0.0246. The van der Waals surface area contributed by atoms with E-state index in [9.17, 15) is 4.79 Å². The molecule has 0 aromatic rings. The second-order valence-electron chi connectivity index (χ2n) is 2.30. The maximum atomic E-state index is 10.3. The molecule has 1 amide bonds. The van der Waals surface area contributed by atoms with Gasteiger partial charge in [0, 0.05) is 12.8 Å². The van der Waals surface area contributed by atoms with Crippen LogP contribution in [0, 0.1) is 5.41 Å². The highest BCUT2D eigenvalue weighted by molar-refractivity contribution is 5.74. The van der Waals surface area contributed by atoms with Crippen LogP contribution in [0.1, 0.15) is 25.7 Å². The first-order chi connectivity index (χ1) is 5.16. The van der Waals surface area contributed by atoms with Crippen molar-refractivity contribution < 1.29 is 9.53 Å². The molecule has 4 heteroatoms. The largest absolute Gasteiger partial charge is 0.484 e. The van der Waals surface area contributed by atoms with E-state index >= 15 is 0 Å². The van der Waals surface area contributed by atoms with Crippen LogP contribution in [0.3, 0.4) is 0 Å². The van der Waals surface area contributed by atoms with Gasteiger partial charge in [-0.25, -0.2) is 0 Å². The van der Waals surface area contributed by atoms with E-state index < -0.39 is 0 Å². The van der Waals surface area contributed by atoms with Crippen LogP contribution < -0.4 is 5.73 Å².